The van der Waals surface area contributed by atoms with Gasteiger partial charge in [0.25, 0.3) is 0 Å². The normalized spacial score (nSPS) is 12.5. The Morgan fingerprint density at radius 2 is 1.79 bits per heavy atom. The van der Waals surface area contributed by atoms with Gasteiger partial charge in [0.2, 0.25) is 0 Å². The number of halogens is 1. The van der Waals surface area contributed by atoms with Crippen LogP contribution in [-0.4, -0.2) is 36.7 Å². The predicted molar refractivity (Wildman–Crippen MR) is 107 cm³/mol. The smallest absolute Gasteiger partial charge is 0.339 e. The van der Waals surface area contributed by atoms with Gasteiger partial charge in [-0.25, -0.2) is 9.18 Å². The summed E-state index contributed by atoms with van der Waals surface area (Å²) in [5.41, 5.74) is 2.46. The van der Waals surface area contributed by atoms with Gasteiger partial charge in [0, 0.05) is 11.1 Å². The number of nitrogens with zero attached hydrogens (tertiary/aromatic N) is 2. The molecule has 0 heterocycles. The van der Waals surface area contributed by atoms with Gasteiger partial charge in [0.05, 0.1) is 13.4 Å². The van der Waals surface area contributed by atoms with Crippen LogP contribution in [0.2, 0.25) is 0 Å². The third-order valence-corrected chi connectivity index (χ3v) is 3.84. The third-order valence-electron chi connectivity index (χ3n) is 3.84. The van der Waals surface area contributed by atoms with Crippen molar-refractivity contribution < 1.29 is 28.7 Å². The van der Waals surface area contributed by atoms with Crippen LogP contribution in [0.1, 0.15) is 23.6 Å². The second kappa shape index (κ2) is 10.6. The molecule has 8 heteroatoms. The molecule has 0 aliphatic heterocycles. The second-order valence-electron chi connectivity index (χ2n) is 5.81. The van der Waals surface area contributed by atoms with E-state index in [2.05, 4.69) is 10.3 Å². The summed E-state index contributed by atoms with van der Waals surface area (Å²) in [6.07, 6.45) is 1.16. The van der Waals surface area contributed by atoms with Crippen LogP contribution in [0.4, 0.5) is 4.39 Å². The number of methoxy groups -OCH3 is 1. The Kier molecular flexibility index (Phi) is 7.90. The molecule has 2 aromatic rings. The Labute approximate surface area is 167 Å². The highest BCUT2D eigenvalue weighted by molar-refractivity contribution is 6.47. The minimum atomic E-state index is -1.12. The number of ether oxygens (including phenoxy) is 1. The first-order valence-corrected chi connectivity index (χ1v) is 8.56. The van der Waals surface area contributed by atoms with Crippen molar-refractivity contribution in [2.75, 3.05) is 14.2 Å². The Morgan fingerprint density at radius 1 is 1.10 bits per heavy atom. The monoisotopic (exact) mass is 400 g/mol. The Hall–Kier alpha value is -3.68. The van der Waals surface area contributed by atoms with Crippen molar-refractivity contribution in [2.24, 2.45) is 10.3 Å². The zero-order valence-electron chi connectivity index (χ0n) is 16.3. The van der Waals surface area contributed by atoms with Crippen molar-refractivity contribution in [1.82, 2.24) is 0 Å². The van der Waals surface area contributed by atoms with E-state index in [1.165, 1.54) is 26.4 Å². The molecule has 0 radical (unpaired) electrons. The predicted octanol–water partition coefficient (Wildman–Crippen LogP) is 3.84. The van der Waals surface area contributed by atoms with Gasteiger partial charge in [-0.3, -0.25) is 0 Å². The molecule has 0 fully saturated rings. The molecule has 0 atom stereocenters. The van der Waals surface area contributed by atoms with E-state index >= 15 is 0 Å². The highest BCUT2D eigenvalue weighted by Gasteiger charge is 2.15. The number of hydrogen-bond donors (Lipinski definition) is 1. The first-order valence-electron chi connectivity index (χ1n) is 8.56. The maximum atomic E-state index is 13.2. The minimum Gasteiger partial charge on any atom is -0.503 e. The van der Waals surface area contributed by atoms with Crippen LogP contribution in [0.5, 0.6) is 0 Å². The number of rotatable bonds is 9. The maximum absolute atomic E-state index is 13.2. The van der Waals surface area contributed by atoms with Gasteiger partial charge in [-0.15, -0.1) is 0 Å². The zero-order chi connectivity index (χ0) is 21.2. The topological polar surface area (TPSA) is 89.7 Å². The molecule has 0 amide bonds. The summed E-state index contributed by atoms with van der Waals surface area (Å²) in [5, 5.41) is 17.4. The van der Waals surface area contributed by atoms with Crippen molar-refractivity contribution in [2.45, 2.75) is 13.5 Å². The first-order chi connectivity index (χ1) is 14.0. The van der Waals surface area contributed by atoms with Crippen LogP contribution in [-0.2, 0) is 25.8 Å². The number of carbonyl (C=O) groups is 1. The van der Waals surface area contributed by atoms with Gasteiger partial charge in [0.1, 0.15) is 36.5 Å². The minimum absolute atomic E-state index is 0.000322. The molecule has 0 unspecified atom stereocenters. The highest BCUT2D eigenvalue weighted by atomic mass is 19.1. The molecule has 0 aliphatic carbocycles. The average molecular weight is 400 g/mol. The molecule has 0 aromatic heterocycles. The largest absolute Gasteiger partial charge is 0.503 e. The summed E-state index contributed by atoms with van der Waals surface area (Å²) in [6, 6.07) is 12.6. The maximum Gasteiger partial charge on any atom is 0.339 e. The van der Waals surface area contributed by atoms with Crippen LogP contribution in [0.25, 0.3) is 5.57 Å². The summed E-state index contributed by atoms with van der Waals surface area (Å²) in [6.45, 7) is 1.69. The number of hydrogen-bond acceptors (Lipinski definition) is 6. The third kappa shape index (κ3) is 5.90. The van der Waals surface area contributed by atoms with Crippen molar-refractivity contribution in [3.05, 3.63) is 77.3 Å². The lowest BCUT2D eigenvalue weighted by Gasteiger charge is -2.10. The van der Waals surface area contributed by atoms with E-state index in [0.717, 1.165) is 6.26 Å². The number of aliphatic carboxylic acids is 1. The summed E-state index contributed by atoms with van der Waals surface area (Å²) < 4.78 is 18.0. The summed E-state index contributed by atoms with van der Waals surface area (Å²) in [5.74, 6) is -1.49. The van der Waals surface area contributed by atoms with Gasteiger partial charge in [-0.1, -0.05) is 34.6 Å². The first kappa shape index (κ1) is 21.6. The molecule has 0 bridgehead atoms. The van der Waals surface area contributed by atoms with Gasteiger partial charge in [-0.2, -0.15) is 0 Å². The van der Waals surface area contributed by atoms with E-state index in [1.54, 1.807) is 43.3 Å². The summed E-state index contributed by atoms with van der Waals surface area (Å²) in [7, 11) is 2.77. The molecule has 0 saturated carbocycles. The lowest BCUT2D eigenvalue weighted by molar-refractivity contribution is -0.130. The van der Waals surface area contributed by atoms with Gasteiger partial charge in [-0.05, 0) is 36.8 Å². The molecule has 0 aliphatic rings. The Balaban J connectivity index is 2.22. The van der Waals surface area contributed by atoms with E-state index in [9.17, 15) is 14.3 Å². The Morgan fingerprint density at radius 3 is 2.41 bits per heavy atom. The fourth-order valence-electron chi connectivity index (χ4n) is 2.52. The molecule has 2 rings (SSSR count). The van der Waals surface area contributed by atoms with Crippen LogP contribution in [0.15, 0.2) is 65.1 Å². The van der Waals surface area contributed by atoms with Crippen LogP contribution in [0.3, 0.4) is 0 Å². The lowest BCUT2D eigenvalue weighted by atomic mass is 10.0. The molecular weight excluding hydrogens is 379 g/mol. The van der Waals surface area contributed by atoms with Crippen LogP contribution < -0.4 is 0 Å². The number of benzene rings is 2. The molecule has 1 N–H and O–H groups in total. The van der Waals surface area contributed by atoms with Crippen molar-refractivity contribution in [3.8, 4) is 0 Å². The number of carboxylic acids is 1. The fraction of sp³-hybridized carbons (Fsp3) is 0.190. The summed E-state index contributed by atoms with van der Waals surface area (Å²) in [4.78, 5) is 21.8. The van der Waals surface area contributed by atoms with Crippen molar-refractivity contribution in [3.63, 3.8) is 0 Å². The molecule has 29 heavy (non-hydrogen) atoms. The number of oxime groups is 2. The van der Waals surface area contributed by atoms with Crippen molar-refractivity contribution in [1.29, 1.82) is 0 Å². The quantitative estimate of drug-likeness (QED) is 0.299. The molecule has 2 aromatic carbocycles. The van der Waals surface area contributed by atoms with E-state index in [1.807, 2.05) is 0 Å². The van der Waals surface area contributed by atoms with Gasteiger partial charge in [0.15, 0.2) is 0 Å². The highest BCUT2D eigenvalue weighted by Crippen LogP contribution is 2.21. The second-order valence-corrected chi connectivity index (χ2v) is 5.81. The number of carboxylic acid groups (broad SMARTS) is 1. The zero-order valence-corrected chi connectivity index (χ0v) is 16.3. The van der Waals surface area contributed by atoms with E-state index in [0.29, 0.717) is 28.1 Å². The van der Waals surface area contributed by atoms with E-state index < -0.39 is 5.97 Å². The SMILES string of the molecule is CO/C=C(/C(=O)O)c1ccccc1CO/N=C(C)/C(=N/OC)c1ccc(F)cc1. The Bertz CT molecular complexity index is 936. The summed E-state index contributed by atoms with van der Waals surface area (Å²) >= 11 is 0. The molecule has 152 valence electrons. The van der Waals surface area contributed by atoms with Crippen LogP contribution in [0, 0.1) is 5.82 Å². The molecule has 0 saturated heterocycles. The molecular formula is C21H21FN2O5. The van der Waals surface area contributed by atoms with Gasteiger partial charge < -0.3 is 19.5 Å². The van der Waals surface area contributed by atoms with E-state index in [-0.39, 0.29) is 18.0 Å². The fourth-order valence-corrected chi connectivity index (χ4v) is 2.52. The van der Waals surface area contributed by atoms with Gasteiger partial charge >= 0.3 is 5.97 Å². The molecule has 7 nitrogen and oxygen atoms in total. The molecule has 0 spiro atoms. The van der Waals surface area contributed by atoms with Crippen LogP contribution >= 0.6 is 0 Å². The van der Waals surface area contributed by atoms with E-state index in [4.69, 9.17) is 14.4 Å². The average Bonchev–Trinajstić information content (AvgIpc) is 2.71. The standard InChI is InChI=1S/C21H21FN2O5/c1-14(20(24-28-3)15-8-10-17(22)11-9-15)23-29-12-16-6-4-5-7-18(16)19(13-27-2)21(25)26/h4-11,13H,12H2,1-3H3,(H,25,26)/b19-13+,23-14+,24-20-. The lowest BCUT2D eigenvalue weighted by Crippen LogP contribution is -2.13. The van der Waals surface area contributed by atoms with Crippen molar-refractivity contribution >= 4 is 23.0 Å².